The smallest absolute Gasteiger partial charge is 0.299 e. The number of ketones is 1. The lowest BCUT2D eigenvalue weighted by molar-refractivity contribution is -0.114. The molecule has 2 aliphatic heterocycles. The lowest BCUT2D eigenvalue weighted by atomic mass is 9.99. The average Bonchev–Trinajstić information content (AvgIpc) is 2.65. The van der Waals surface area contributed by atoms with Gasteiger partial charge in [0.05, 0.1) is 11.3 Å². The van der Waals surface area contributed by atoms with Gasteiger partial charge in [-0.3, -0.25) is 9.59 Å². The zero-order valence-corrected chi connectivity index (χ0v) is 10.4. The van der Waals surface area contributed by atoms with Crippen LogP contribution in [0.2, 0.25) is 0 Å². The summed E-state index contributed by atoms with van der Waals surface area (Å²) < 4.78 is 18.6. The van der Waals surface area contributed by atoms with Crippen LogP contribution in [0.1, 0.15) is 23.2 Å². The molecule has 1 amide bonds. The minimum Gasteiger partial charge on any atom is -0.381 e. The van der Waals surface area contributed by atoms with Gasteiger partial charge in [0, 0.05) is 19.8 Å². The number of anilines is 1. The average molecular weight is 263 g/mol. The van der Waals surface area contributed by atoms with E-state index in [1.807, 2.05) is 0 Å². The van der Waals surface area contributed by atoms with Gasteiger partial charge in [0.25, 0.3) is 11.7 Å². The summed E-state index contributed by atoms with van der Waals surface area (Å²) in [6.45, 7) is 1.82. The Morgan fingerprint density at radius 2 is 2.00 bits per heavy atom. The molecule has 0 N–H and O–H groups in total. The second-order valence-electron chi connectivity index (χ2n) is 4.96. The number of ether oxygens (including phenoxy) is 1. The van der Waals surface area contributed by atoms with E-state index in [0.717, 1.165) is 12.8 Å². The van der Waals surface area contributed by atoms with Crippen molar-refractivity contribution in [2.24, 2.45) is 5.92 Å². The van der Waals surface area contributed by atoms with Gasteiger partial charge >= 0.3 is 0 Å². The Morgan fingerprint density at radius 3 is 2.74 bits per heavy atom. The topological polar surface area (TPSA) is 46.6 Å². The molecule has 0 aromatic heterocycles. The number of hydrogen-bond donors (Lipinski definition) is 0. The number of nitrogens with zero attached hydrogens (tertiary/aromatic N) is 1. The number of carbonyl (C=O) groups excluding carboxylic acids is 2. The Balaban J connectivity index is 1.87. The molecule has 2 aliphatic rings. The minimum atomic E-state index is -0.549. The number of amides is 1. The van der Waals surface area contributed by atoms with Crippen LogP contribution in [0.25, 0.3) is 0 Å². The van der Waals surface area contributed by atoms with Crippen molar-refractivity contribution >= 4 is 17.4 Å². The predicted octanol–water partition coefficient (Wildman–Crippen LogP) is 1.78. The lowest BCUT2D eigenvalue weighted by Gasteiger charge is -2.26. The molecule has 0 bridgehead atoms. The summed E-state index contributed by atoms with van der Waals surface area (Å²) in [5.41, 5.74) is 0.708. The molecule has 0 radical (unpaired) electrons. The lowest BCUT2D eigenvalue weighted by Crippen LogP contribution is -2.36. The fraction of sp³-hybridized carbons (Fsp3) is 0.429. The summed E-state index contributed by atoms with van der Waals surface area (Å²) >= 11 is 0. The molecule has 1 fully saturated rings. The van der Waals surface area contributed by atoms with E-state index in [-0.39, 0.29) is 0 Å². The van der Waals surface area contributed by atoms with Crippen molar-refractivity contribution < 1.29 is 18.7 Å². The number of benzene rings is 1. The molecule has 0 saturated carbocycles. The maximum absolute atomic E-state index is 13.3. The molecule has 0 atom stereocenters. The maximum Gasteiger partial charge on any atom is 0.299 e. The van der Waals surface area contributed by atoms with E-state index in [1.54, 1.807) is 0 Å². The highest BCUT2D eigenvalue weighted by Crippen LogP contribution is 2.31. The van der Waals surface area contributed by atoms with Gasteiger partial charge in [0.2, 0.25) is 0 Å². The van der Waals surface area contributed by atoms with Crippen LogP contribution in [0.3, 0.4) is 0 Å². The summed E-state index contributed by atoms with van der Waals surface area (Å²) in [4.78, 5) is 25.2. The Bertz CT molecular complexity index is 537. The number of halogens is 1. The molecule has 100 valence electrons. The normalized spacial score (nSPS) is 19.9. The van der Waals surface area contributed by atoms with E-state index in [0.29, 0.717) is 36.9 Å². The van der Waals surface area contributed by atoms with Crippen molar-refractivity contribution in [1.29, 1.82) is 0 Å². The fourth-order valence-corrected chi connectivity index (χ4v) is 2.64. The van der Waals surface area contributed by atoms with E-state index in [4.69, 9.17) is 4.74 Å². The number of hydrogen-bond acceptors (Lipinski definition) is 3. The molecule has 0 unspecified atom stereocenters. The van der Waals surface area contributed by atoms with E-state index in [2.05, 4.69) is 0 Å². The third-order valence-electron chi connectivity index (χ3n) is 3.72. The first-order valence-electron chi connectivity index (χ1n) is 6.40. The minimum absolute atomic E-state index is 0.304. The quantitative estimate of drug-likeness (QED) is 0.764. The first-order valence-corrected chi connectivity index (χ1v) is 6.40. The largest absolute Gasteiger partial charge is 0.381 e. The molecule has 4 nitrogen and oxygen atoms in total. The van der Waals surface area contributed by atoms with Gasteiger partial charge in [-0.15, -0.1) is 0 Å². The maximum atomic E-state index is 13.3. The van der Waals surface area contributed by atoms with Gasteiger partial charge in [0.15, 0.2) is 0 Å². The van der Waals surface area contributed by atoms with Crippen LogP contribution in [0.5, 0.6) is 0 Å². The van der Waals surface area contributed by atoms with Crippen LogP contribution in [-0.4, -0.2) is 31.4 Å². The molecule has 1 aromatic carbocycles. The molecule has 3 rings (SSSR count). The molecule has 19 heavy (non-hydrogen) atoms. The number of fused-ring (bicyclic) bond motifs is 1. The fourth-order valence-electron chi connectivity index (χ4n) is 2.64. The molecule has 1 saturated heterocycles. The van der Waals surface area contributed by atoms with Crippen molar-refractivity contribution in [3.8, 4) is 0 Å². The van der Waals surface area contributed by atoms with E-state index < -0.39 is 17.5 Å². The van der Waals surface area contributed by atoms with Gasteiger partial charge in [0.1, 0.15) is 5.82 Å². The monoisotopic (exact) mass is 263 g/mol. The molecule has 5 heteroatoms. The van der Waals surface area contributed by atoms with Gasteiger partial charge < -0.3 is 9.64 Å². The van der Waals surface area contributed by atoms with Crippen LogP contribution in [0.4, 0.5) is 10.1 Å². The summed E-state index contributed by atoms with van der Waals surface area (Å²) in [7, 11) is 0. The SMILES string of the molecule is O=C1C(=O)N(CC2CCOCC2)c2cc(F)ccc21. The van der Waals surface area contributed by atoms with Crippen molar-refractivity contribution in [2.45, 2.75) is 12.8 Å². The molecule has 0 aliphatic carbocycles. The van der Waals surface area contributed by atoms with Crippen LogP contribution in [0.15, 0.2) is 18.2 Å². The molecular weight excluding hydrogens is 249 g/mol. The van der Waals surface area contributed by atoms with Gasteiger partial charge in [-0.05, 0) is 37.0 Å². The van der Waals surface area contributed by atoms with Crippen molar-refractivity contribution in [3.63, 3.8) is 0 Å². The summed E-state index contributed by atoms with van der Waals surface area (Å²) in [6.07, 6.45) is 1.73. The molecule has 2 heterocycles. The molecular formula is C14H14FNO3. The highest BCUT2D eigenvalue weighted by molar-refractivity contribution is 6.52. The molecule has 1 aromatic rings. The van der Waals surface area contributed by atoms with Crippen molar-refractivity contribution in [1.82, 2.24) is 0 Å². The summed E-state index contributed by atoms with van der Waals surface area (Å²) in [5, 5.41) is 0. The number of carbonyl (C=O) groups is 2. The highest BCUT2D eigenvalue weighted by Gasteiger charge is 2.37. The standard InChI is InChI=1S/C14H14FNO3/c15-10-1-2-11-12(7-10)16(14(18)13(11)17)8-9-3-5-19-6-4-9/h1-2,7,9H,3-6,8H2. The Hall–Kier alpha value is -1.75. The Morgan fingerprint density at radius 1 is 1.26 bits per heavy atom. The van der Waals surface area contributed by atoms with Gasteiger partial charge in [-0.1, -0.05) is 0 Å². The van der Waals surface area contributed by atoms with Gasteiger partial charge in [-0.2, -0.15) is 0 Å². The summed E-state index contributed by atoms with van der Waals surface area (Å²) in [5.74, 6) is -1.22. The van der Waals surface area contributed by atoms with Gasteiger partial charge in [-0.25, -0.2) is 4.39 Å². The number of rotatable bonds is 2. The Kier molecular flexibility index (Phi) is 3.06. The first kappa shape index (κ1) is 12.3. The first-order chi connectivity index (χ1) is 9.16. The number of Topliss-reactive ketones (excluding diaryl/α,β-unsaturated/α-hetero) is 1. The van der Waals surface area contributed by atoms with E-state index >= 15 is 0 Å². The summed E-state index contributed by atoms with van der Waals surface area (Å²) in [6, 6.07) is 3.86. The zero-order chi connectivity index (χ0) is 13.4. The Labute approximate surface area is 110 Å². The van der Waals surface area contributed by atoms with Crippen LogP contribution in [-0.2, 0) is 9.53 Å². The predicted molar refractivity (Wildman–Crippen MR) is 66.6 cm³/mol. The molecule has 0 spiro atoms. The van der Waals surface area contributed by atoms with E-state index in [1.165, 1.54) is 23.1 Å². The van der Waals surface area contributed by atoms with Crippen LogP contribution < -0.4 is 4.90 Å². The van der Waals surface area contributed by atoms with E-state index in [9.17, 15) is 14.0 Å². The second kappa shape index (κ2) is 4.74. The van der Waals surface area contributed by atoms with Crippen molar-refractivity contribution in [3.05, 3.63) is 29.6 Å². The second-order valence-corrected chi connectivity index (χ2v) is 4.96. The van der Waals surface area contributed by atoms with Crippen molar-refractivity contribution in [2.75, 3.05) is 24.7 Å². The zero-order valence-electron chi connectivity index (χ0n) is 10.4. The third kappa shape index (κ3) is 2.14. The van der Waals surface area contributed by atoms with Crippen LogP contribution >= 0.6 is 0 Å². The highest BCUT2D eigenvalue weighted by atomic mass is 19.1. The van der Waals surface area contributed by atoms with Crippen LogP contribution in [0, 0.1) is 11.7 Å². The third-order valence-corrected chi connectivity index (χ3v) is 3.72.